The summed E-state index contributed by atoms with van der Waals surface area (Å²) in [5.74, 6) is 0.940. The molecule has 3 heteroatoms. The number of benzene rings is 1. The van der Waals surface area contributed by atoms with Crippen LogP contribution in [0.15, 0.2) is 43.0 Å². The predicted octanol–water partition coefficient (Wildman–Crippen LogP) is 4.93. The summed E-state index contributed by atoms with van der Waals surface area (Å²) in [6, 6.07) is 12.0. The molecule has 0 amide bonds. The van der Waals surface area contributed by atoms with Crippen molar-refractivity contribution >= 4 is 17.2 Å². The van der Waals surface area contributed by atoms with Crippen LogP contribution in [-0.4, -0.2) is 12.1 Å². The maximum absolute atomic E-state index is 5.99. The average molecular weight is 288 g/mol. The largest absolute Gasteiger partial charge is 0.480 e. The number of nitrogens with zero attached hydrogens (tertiary/aromatic N) is 1. The number of halogens is 1. The predicted molar refractivity (Wildman–Crippen MR) is 84.5 cm³/mol. The highest BCUT2D eigenvalue weighted by Crippen LogP contribution is 2.27. The quantitative estimate of drug-likeness (QED) is 0.795. The Hall–Kier alpha value is -1.80. The first-order valence-electron chi connectivity index (χ1n) is 6.53. The molecule has 0 bridgehead atoms. The molecule has 0 aliphatic heterocycles. The third kappa shape index (κ3) is 3.02. The Morgan fingerprint density at radius 2 is 1.80 bits per heavy atom. The molecule has 0 spiro atoms. The van der Waals surface area contributed by atoms with Crippen LogP contribution in [0.4, 0.5) is 0 Å². The highest BCUT2D eigenvalue weighted by molar-refractivity contribution is 6.31. The Kier molecular flexibility index (Phi) is 4.46. The van der Waals surface area contributed by atoms with Crippen molar-refractivity contribution in [2.45, 2.75) is 19.8 Å². The molecule has 0 aliphatic carbocycles. The van der Waals surface area contributed by atoms with Crippen molar-refractivity contribution in [1.29, 1.82) is 0 Å². The van der Waals surface area contributed by atoms with Gasteiger partial charge in [0.1, 0.15) is 5.02 Å². The van der Waals surface area contributed by atoms with Crippen molar-refractivity contribution in [2.75, 3.05) is 7.11 Å². The second-order valence-electron chi connectivity index (χ2n) is 4.94. The van der Waals surface area contributed by atoms with Crippen LogP contribution in [0.5, 0.6) is 5.88 Å². The van der Waals surface area contributed by atoms with Gasteiger partial charge in [-0.1, -0.05) is 56.3 Å². The number of rotatable bonds is 4. The normalized spacial score (nSPS) is 10.7. The van der Waals surface area contributed by atoms with Crippen LogP contribution in [0.3, 0.4) is 0 Å². The highest BCUT2D eigenvalue weighted by Gasteiger charge is 2.09. The summed E-state index contributed by atoms with van der Waals surface area (Å²) in [7, 11) is 1.55. The number of pyridine rings is 1. The molecule has 1 heterocycles. The second kappa shape index (κ2) is 6.10. The van der Waals surface area contributed by atoms with Gasteiger partial charge in [-0.25, -0.2) is 4.98 Å². The lowest BCUT2D eigenvalue weighted by atomic mass is 9.98. The Labute approximate surface area is 125 Å². The monoisotopic (exact) mass is 287 g/mol. The molecule has 1 aromatic carbocycles. The van der Waals surface area contributed by atoms with Gasteiger partial charge in [0.25, 0.3) is 0 Å². The minimum Gasteiger partial charge on any atom is -0.480 e. The van der Waals surface area contributed by atoms with Gasteiger partial charge in [-0.05, 0) is 29.2 Å². The van der Waals surface area contributed by atoms with Gasteiger partial charge in [-0.15, -0.1) is 0 Å². The highest BCUT2D eigenvalue weighted by atomic mass is 35.5. The van der Waals surface area contributed by atoms with Crippen LogP contribution < -0.4 is 4.74 Å². The van der Waals surface area contributed by atoms with Gasteiger partial charge >= 0.3 is 0 Å². The lowest BCUT2D eigenvalue weighted by Crippen LogP contribution is -1.95. The maximum atomic E-state index is 5.99. The minimum absolute atomic E-state index is 0.420. The van der Waals surface area contributed by atoms with Gasteiger partial charge in [0.15, 0.2) is 0 Å². The third-order valence-electron chi connectivity index (χ3n) is 3.24. The molecule has 1 aromatic heterocycles. The molecule has 0 saturated heterocycles. The smallest absolute Gasteiger partial charge is 0.232 e. The van der Waals surface area contributed by atoms with Crippen molar-refractivity contribution < 1.29 is 4.74 Å². The van der Waals surface area contributed by atoms with Crippen molar-refractivity contribution in [1.82, 2.24) is 4.98 Å². The van der Waals surface area contributed by atoms with E-state index < -0.39 is 0 Å². The Balaban J connectivity index is 2.31. The number of methoxy groups -OCH3 is 1. The maximum Gasteiger partial charge on any atom is 0.232 e. The van der Waals surface area contributed by atoms with E-state index in [4.69, 9.17) is 16.3 Å². The standard InChI is InChI=1S/C17H18ClNO/c1-11(2)13-5-7-14(8-6-13)12(3)16-10-9-15(18)17(19-16)20-4/h5-11H,3H2,1-2,4H3. The van der Waals surface area contributed by atoms with Gasteiger partial charge in [-0.3, -0.25) is 0 Å². The summed E-state index contributed by atoms with van der Waals surface area (Å²) in [5, 5.41) is 0.499. The van der Waals surface area contributed by atoms with E-state index in [1.54, 1.807) is 13.2 Å². The summed E-state index contributed by atoms with van der Waals surface area (Å²) < 4.78 is 5.14. The molecule has 0 radical (unpaired) electrons. The van der Waals surface area contributed by atoms with Crippen molar-refractivity contribution in [3.8, 4) is 5.88 Å². The van der Waals surface area contributed by atoms with Gasteiger partial charge in [-0.2, -0.15) is 0 Å². The Morgan fingerprint density at radius 3 is 2.35 bits per heavy atom. The molecular weight excluding hydrogens is 270 g/mol. The average Bonchev–Trinajstić information content (AvgIpc) is 2.47. The Morgan fingerprint density at radius 1 is 1.15 bits per heavy atom. The van der Waals surface area contributed by atoms with Gasteiger partial charge < -0.3 is 4.74 Å². The van der Waals surface area contributed by atoms with E-state index in [2.05, 4.69) is 49.7 Å². The van der Waals surface area contributed by atoms with E-state index in [1.807, 2.05) is 6.07 Å². The first kappa shape index (κ1) is 14.6. The molecule has 2 rings (SSSR count). The third-order valence-corrected chi connectivity index (χ3v) is 3.53. The van der Waals surface area contributed by atoms with E-state index in [0.717, 1.165) is 16.8 Å². The second-order valence-corrected chi connectivity index (χ2v) is 5.35. The van der Waals surface area contributed by atoms with Gasteiger partial charge in [0.2, 0.25) is 5.88 Å². The van der Waals surface area contributed by atoms with Crippen LogP contribution in [-0.2, 0) is 0 Å². The minimum atomic E-state index is 0.420. The lowest BCUT2D eigenvalue weighted by Gasteiger charge is -2.10. The summed E-state index contributed by atoms with van der Waals surface area (Å²) in [6.07, 6.45) is 0. The van der Waals surface area contributed by atoms with Crippen LogP contribution in [0.1, 0.15) is 36.6 Å². The zero-order valence-corrected chi connectivity index (χ0v) is 12.7. The molecule has 0 fully saturated rings. The van der Waals surface area contributed by atoms with Crippen LogP contribution in [0.2, 0.25) is 5.02 Å². The zero-order chi connectivity index (χ0) is 14.7. The van der Waals surface area contributed by atoms with Crippen molar-refractivity contribution in [3.05, 3.63) is 64.8 Å². The summed E-state index contributed by atoms with van der Waals surface area (Å²) in [5.41, 5.74) is 3.98. The Bertz CT molecular complexity index is 617. The van der Waals surface area contributed by atoms with E-state index in [-0.39, 0.29) is 0 Å². The molecule has 0 atom stereocenters. The summed E-state index contributed by atoms with van der Waals surface area (Å²) in [6.45, 7) is 8.47. The molecule has 0 N–H and O–H groups in total. The fourth-order valence-electron chi connectivity index (χ4n) is 1.95. The van der Waals surface area contributed by atoms with E-state index >= 15 is 0 Å². The topological polar surface area (TPSA) is 22.1 Å². The molecule has 2 nitrogen and oxygen atoms in total. The lowest BCUT2D eigenvalue weighted by molar-refractivity contribution is 0.398. The number of hydrogen-bond acceptors (Lipinski definition) is 2. The van der Waals surface area contributed by atoms with E-state index in [9.17, 15) is 0 Å². The number of hydrogen-bond donors (Lipinski definition) is 0. The fourth-order valence-corrected chi connectivity index (χ4v) is 2.13. The zero-order valence-electron chi connectivity index (χ0n) is 12.0. The van der Waals surface area contributed by atoms with Crippen LogP contribution in [0.25, 0.3) is 5.57 Å². The van der Waals surface area contributed by atoms with Crippen LogP contribution >= 0.6 is 11.6 Å². The molecule has 0 aliphatic rings. The first-order valence-corrected chi connectivity index (χ1v) is 6.91. The molecular formula is C17H18ClNO. The molecule has 20 heavy (non-hydrogen) atoms. The van der Waals surface area contributed by atoms with Crippen molar-refractivity contribution in [2.24, 2.45) is 0 Å². The first-order chi connectivity index (χ1) is 9.52. The van der Waals surface area contributed by atoms with Crippen LogP contribution in [0, 0.1) is 0 Å². The molecule has 104 valence electrons. The molecule has 0 unspecified atom stereocenters. The summed E-state index contributed by atoms with van der Waals surface area (Å²) in [4.78, 5) is 4.37. The summed E-state index contributed by atoms with van der Waals surface area (Å²) >= 11 is 5.99. The number of ether oxygens (including phenoxy) is 1. The molecule has 0 saturated carbocycles. The van der Waals surface area contributed by atoms with Crippen molar-refractivity contribution in [3.63, 3.8) is 0 Å². The number of aromatic nitrogens is 1. The molecule has 2 aromatic rings. The fraction of sp³-hybridized carbons (Fsp3) is 0.235. The van der Waals surface area contributed by atoms with E-state index in [1.165, 1.54) is 5.56 Å². The SMILES string of the molecule is C=C(c1ccc(C(C)C)cc1)c1ccc(Cl)c(OC)n1. The van der Waals surface area contributed by atoms with Gasteiger partial charge in [0, 0.05) is 5.57 Å². The van der Waals surface area contributed by atoms with Gasteiger partial charge in [0.05, 0.1) is 12.8 Å². The van der Waals surface area contributed by atoms with E-state index in [0.29, 0.717) is 16.8 Å².